The monoisotopic (exact) mass is 1040 g/mol. The molecule has 2 nitrogen and oxygen atoms in total. The molecule has 0 spiro atoms. The van der Waals surface area contributed by atoms with Crippen LogP contribution in [0.1, 0.15) is 0 Å². The average molecular weight is 1040 g/mol. The van der Waals surface area contributed by atoms with Crippen LogP contribution in [0.2, 0.25) is 0 Å². The van der Waals surface area contributed by atoms with Gasteiger partial charge in [0.05, 0.1) is 16.7 Å². The van der Waals surface area contributed by atoms with Crippen molar-refractivity contribution in [3.63, 3.8) is 0 Å². The van der Waals surface area contributed by atoms with Crippen molar-refractivity contribution < 1.29 is 0 Å². The second-order valence-electron chi connectivity index (χ2n) is 21.1. The van der Waals surface area contributed by atoms with Crippen LogP contribution in [0, 0.1) is 0 Å². The highest BCUT2D eigenvalue weighted by Gasteiger charge is 2.20. The lowest BCUT2D eigenvalue weighted by atomic mass is 9.89. The third kappa shape index (κ3) is 8.53. The van der Waals surface area contributed by atoms with Crippen molar-refractivity contribution in [1.82, 2.24) is 4.57 Å². The summed E-state index contributed by atoms with van der Waals surface area (Å²) < 4.78 is 2.42. The lowest BCUT2D eigenvalue weighted by Gasteiger charge is -2.27. The maximum Gasteiger partial charge on any atom is 0.0541 e. The Kier molecular flexibility index (Phi) is 12.2. The number of benzene rings is 14. The zero-order valence-corrected chi connectivity index (χ0v) is 45.1. The van der Waals surface area contributed by atoms with E-state index in [-0.39, 0.29) is 0 Å². The fourth-order valence-corrected chi connectivity index (χ4v) is 12.7. The predicted molar refractivity (Wildman–Crippen MR) is 349 cm³/mol. The minimum atomic E-state index is 1.06. The van der Waals surface area contributed by atoms with Crippen LogP contribution < -0.4 is 4.90 Å². The summed E-state index contributed by atoms with van der Waals surface area (Å²) in [5, 5.41) is 7.38. The first-order chi connectivity index (χ1) is 40.7. The Morgan fingerprint density at radius 1 is 0.183 bits per heavy atom. The fourth-order valence-electron chi connectivity index (χ4n) is 12.7. The van der Waals surface area contributed by atoms with Crippen LogP contribution in [-0.4, -0.2) is 4.57 Å². The number of hydrogen-bond acceptors (Lipinski definition) is 1. The van der Waals surface area contributed by atoms with Crippen molar-refractivity contribution >= 4 is 60.4 Å². The molecule has 1 aromatic heterocycles. The second-order valence-corrected chi connectivity index (χ2v) is 21.1. The van der Waals surface area contributed by atoms with Crippen LogP contribution in [0.3, 0.4) is 0 Å². The van der Waals surface area contributed by atoms with E-state index in [1.165, 1.54) is 105 Å². The maximum atomic E-state index is 2.42. The Bertz CT molecular complexity index is 4790. The molecule has 0 saturated carbocycles. The summed E-state index contributed by atoms with van der Waals surface area (Å²) in [5.74, 6) is 0. The summed E-state index contributed by atoms with van der Waals surface area (Å²) >= 11 is 0. The van der Waals surface area contributed by atoms with Crippen LogP contribution in [-0.2, 0) is 0 Å². The average Bonchev–Trinajstić information content (AvgIpc) is 4.12. The van der Waals surface area contributed by atoms with Crippen molar-refractivity contribution in [2.75, 3.05) is 4.90 Å². The molecule has 0 aliphatic heterocycles. The number of fused-ring (bicyclic) bond motifs is 5. The Balaban J connectivity index is 0.847. The summed E-state index contributed by atoms with van der Waals surface area (Å²) in [6.45, 7) is 0. The van der Waals surface area contributed by atoms with Gasteiger partial charge in [0, 0.05) is 33.4 Å². The van der Waals surface area contributed by atoms with E-state index in [2.05, 4.69) is 337 Å². The SMILES string of the molecule is c1ccc(-c2ccccc2-c2cccc3c(-c4ccc(N(c5ccc(-c6ccccc6-n6c7ccccc7c7ccccc76)cc5)c5cccc(-c6cccc7c(-c8ccccc8-c8ccccc8)cccc67)c5)cc4)cccc23)cc1. The summed E-state index contributed by atoms with van der Waals surface area (Å²) in [5.41, 5.74) is 23.5. The minimum Gasteiger partial charge on any atom is -0.310 e. The standard InChI is InChI=1S/C80H54N2/c1-3-22-55(23-4-1)63-28-7-9-31-68(63)72-41-20-37-70-65(35-18-39-74(70)72)57-46-50-60(51-47-57)81(61-52-48-58(49-53-61)67-30-11-14-43-78(67)82-79-44-15-12-33-76(79)77-34-13-16-45-80(77)82)62-27-17-26-59(54-62)66-36-19-40-75-71(66)38-21-42-73(75)69-32-10-8-29-64(69)56-24-5-2-6-25-56/h1-54H. The van der Waals surface area contributed by atoms with Gasteiger partial charge in [-0.15, -0.1) is 0 Å². The van der Waals surface area contributed by atoms with Gasteiger partial charge in [0.1, 0.15) is 0 Å². The molecule has 0 amide bonds. The molecule has 0 aliphatic carbocycles. The van der Waals surface area contributed by atoms with Crippen molar-refractivity contribution in [3.05, 3.63) is 328 Å². The molecule has 0 unspecified atom stereocenters. The van der Waals surface area contributed by atoms with E-state index < -0.39 is 0 Å². The molecule has 0 N–H and O–H groups in total. The Hall–Kier alpha value is -10.8. The molecule has 384 valence electrons. The summed E-state index contributed by atoms with van der Waals surface area (Å²) in [7, 11) is 0. The molecular weight excluding hydrogens is 989 g/mol. The molecule has 0 radical (unpaired) electrons. The van der Waals surface area contributed by atoms with E-state index in [0.29, 0.717) is 0 Å². The third-order valence-electron chi connectivity index (χ3n) is 16.5. The van der Waals surface area contributed by atoms with Gasteiger partial charge in [-0.25, -0.2) is 0 Å². The van der Waals surface area contributed by atoms with Gasteiger partial charge < -0.3 is 9.47 Å². The largest absolute Gasteiger partial charge is 0.310 e. The molecule has 2 heteroatoms. The first kappa shape index (κ1) is 48.3. The predicted octanol–water partition coefficient (Wildman–Crippen LogP) is 22.2. The quantitative estimate of drug-likeness (QED) is 0.125. The van der Waals surface area contributed by atoms with E-state index in [1.54, 1.807) is 0 Å². The number of rotatable bonds is 11. The van der Waals surface area contributed by atoms with Crippen LogP contribution in [0.15, 0.2) is 328 Å². The molecule has 15 rings (SSSR count). The summed E-state index contributed by atoms with van der Waals surface area (Å²) in [6.07, 6.45) is 0. The van der Waals surface area contributed by atoms with Crippen LogP contribution in [0.4, 0.5) is 17.1 Å². The first-order valence-electron chi connectivity index (χ1n) is 28.2. The minimum absolute atomic E-state index is 1.06. The zero-order valence-electron chi connectivity index (χ0n) is 45.1. The summed E-state index contributed by atoms with van der Waals surface area (Å²) in [6, 6.07) is 120. The molecule has 82 heavy (non-hydrogen) atoms. The molecule has 14 aromatic carbocycles. The zero-order chi connectivity index (χ0) is 54.3. The maximum absolute atomic E-state index is 2.42. The van der Waals surface area contributed by atoms with Crippen molar-refractivity contribution in [3.8, 4) is 83.6 Å². The molecule has 0 fully saturated rings. The van der Waals surface area contributed by atoms with E-state index >= 15 is 0 Å². The first-order valence-corrected chi connectivity index (χ1v) is 28.2. The van der Waals surface area contributed by atoms with E-state index in [1.807, 2.05) is 0 Å². The Labute approximate surface area is 478 Å². The van der Waals surface area contributed by atoms with Gasteiger partial charge in [-0.2, -0.15) is 0 Å². The molecular formula is C80H54N2. The topological polar surface area (TPSA) is 8.17 Å². The summed E-state index contributed by atoms with van der Waals surface area (Å²) in [4.78, 5) is 2.41. The van der Waals surface area contributed by atoms with Gasteiger partial charge in [-0.1, -0.05) is 273 Å². The van der Waals surface area contributed by atoms with Crippen LogP contribution in [0.5, 0.6) is 0 Å². The molecule has 0 atom stereocenters. The lowest BCUT2D eigenvalue weighted by Crippen LogP contribution is -2.10. The van der Waals surface area contributed by atoms with Crippen LogP contribution >= 0.6 is 0 Å². The van der Waals surface area contributed by atoms with Gasteiger partial charge in [0.2, 0.25) is 0 Å². The van der Waals surface area contributed by atoms with Gasteiger partial charge in [0.15, 0.2) is 0 Å². The van der Waals surface area contributed by atoms with Gasteiger partial charge in [0.25, 0.3) is 0 Å². The highest BCUT2D eigenvalue weighted by atomic mass is 15.1. The molecule has 0 saturated heterocycles. The molecule has 0 bridgehead atoms. The highest BCUT2D eigenvalue weighted by molar-refractivity contribution is 6.11. The van der Waals surface area contributed by atoms with Crippen molar-refractivity contribution in [2.24, 2.45) is 0 Å². The number of aromatic nitrogens is 1. The van der Waals surface area contributed by atoms with E-state index in [9.17, 15) is 0 Å². The normalized spacial score (nSPS) is 11.4. The fraction of sp³-hybridized carbons (Fsp3) is 0. The van der Waals surface area contributed by atoms with Crippen molar-refractivity contribution in [2.45, 2.75) is 0 Å². The number of hydrogen-bond donors (Lipinski definition) is 0. The van der Waals surface area contributed by atoms with Crippen LogP contribution in [0.25, 0.3) is 127 Å². The smallest absolute Gasteiger partial charge is 0.0541 e. The Morgan fingerprint density at radius 2 is 0.512 bits per heavy atom. The van der Waals surface area contributed by atoms with Gasteiger partial charge >= 0.3 is 0 Å². The van der Waals surface area contributed by atoms with Gasteiger partial charge in [-0.05, 0) is 148 Å². The number of anilines is 3. The molecule has 1 heterocycles. The molecule has 0 aliphatic rings. The third-order valence-corrected chi connectivity index (χ3v) is 16.5. The van der Waals surface area contributed by atoms with E-state index in [0.717, 1.165) is 39.4 Å². The number of para-hydroxylation sites is 3. The Morgan fingerprint density at radius 3 is 1.02 bits per heavy atom. The van der Waals surface area contributed by atoms with E-state index in [4.69, 9.17) is 0 Å². The molecule has 15 aromatic rings. The second kappa shape index (κ2) is 20.8. The highest BCUT2D eigenvalue weighted by Crippen LogP contribution is 2.45. The van der Waals surface area contributed by atoms with Gasteiger partial charge in [-0.3, -0.25) is 0 Å². The lowest BCUT2D eigenvalue weighted by molar-refractivity contribution is 1.18. The van der Waals surface area contributed by atoms with Crippen molar-refractivity contribution in [1.29, 1.82) is 0 Å². The number of nitrogens with zero attached hydrogens (tertiary/aromatic N) is 2.